The van der Waals surface area contributed by atoms with E-state index < -0.39 is 0 Å². The maximum atomic E-state index is 14.2. The Bertz CT molecular complexity index is 2390. The maximum Gasteiger partial charge on any atom is 0.410 e. The van der Waals surface area contributed by atoms with E-state index in [-0.39, 0.29) is 66.0 Å². The molecular weight excluding hydrogens is 852 g/mol. The first kappa shape index (κ1) is 45.3. The highest BCUT2D eigenvalue weighted by Gasteiger charge is 2.40. The van der Waals surface area contributed by atoms with Gasteiger partial charge in [-0.1, -0.05) is 121 Å². The van der Waals surface area contributed by atoms with Gasteiger partial charge in [-0.2, -0.15) is 0 Å². The second kappa shape index (κ2) is 21.2. The number of ether oxygens (including phenoxy) is 1. The Morgan fingerprint density at radius 3 is 1.55 bits per heavy atom. The summed E-state index contributed by atoms with van der Waals surface area (Å²) in [4.78, 5) is 39.4. The summed E-state index contributed by atoms with van der Waals surface area (Å²) < 4.78 is 33.7. The molecule has 1 aliphatic carbocycles. The molecule has 0 aromatic heterocycles. The predicted octanol–water partition coefficient (Wildman–Crippen LogP) is 12.0. The summed E-state index contributed by atoms with van der Waals surface area (Å²) in [6, 6.07) is 34.7. The van der Waals surface area contributed by atoms with Crippen LogP contribution in [0.2, 0.25) is 10.0 Å². The van der Waals surface area contributed by atoms with Crippen LogP contribution >= 0.6 is 23.2 Å². The number of rotatable bonds is 10. The van der Waals surface area contributed by atoms with Gasteiger partial charge in [0.05, 0.1) is 0 Å². The van der Waals surface area contributed by atoms with Gasteiger partial charge in [0, 0.05) is 58.2 Å². The summed E-state index contributed by atoms with van der Waals surface area (Å²) in [6.45, 7) is 1.48. The van der Waals surface area contributed by atoms with Crippen molar-refractivity contribution in [1.82, 2.24) is 15.5 Å². The summed E-state index contributed by atoms with van der Waals surface area (Å²) in [5.41, 5.74) is 5.79. The van der Waals surface area contributed by atoms with E-state index in [1.54, 1.807) is 23.1 Å². The lowest BCUT2D eigenvalue weighted by atomic mass is 9.78. The first-order chi connectivity index (χ1) is 31.1. The number of amides is 3. The summed E-state index contributed by atoms with van der Waals surface area (Å²) in [6.07, 6.45) is 10.8. The average molecular weight is 907 g/mol. The third-order valence-corrected chi connectivity index (χ3v) is 14.1. The molecule has 9 rings (SSSR count). The molecule has 5 aromatic carbocycles. The number of nitrogens with zero attached hydrogens (tertiary/aromatic N) is 1. The molecule has 64 heavy (non-hydrogen) atoms. The summed E-state index contributed by atoms with van der Waals surface area (Å²) in [5, 5.41) is 7.38. The van der Waals surface area contributed by atoms with Crippen LogP contribution in [-0.4, -0.2) is 48.0 Å². The third kappa shape index (κ3) is 11.5. The summed E-state index contributed by atoms with van der Waals surface area (Å²) in [5.74, 6) is 0.747. The molecule has 3 amide bonds. The van der Waals surface area contributed by atoms with Crippen molar-refractivity contribution in [1.29, 1.82) is 0 Å². The Labute approximate surface area is 384 Å². The van der Waals surface area contributed by atoms with Crippen LogP contribution in [0.3, 0.4) is 0 Å². The molecule has 4 fully saturated rings. The molecule has 5 aromatic rings. The fourth-order valence-corrected chi connectivity index (χ4v) is 10.5. The second-order valence-electron chi connectivity index (χ2n) is 17.9. The Morgan fingerprint density at radius 2 is 1.06 bits per heavy atom. The fraction of sp³-hybridized carbons (Fsp3) is 0.377. The van der Waals surface area contributed by atoms with E-state index in [1.807, 2.05) is 78.9 Å². The van der Waals surface area contributed by atoms with E-state index in [1.165, 1.54) is 50.3 Å². The minimum absolute atomic E-state index is 0.0349. The first-order valence-corrected chi connectivity index (χ1v) is 23.5. The van der Waals surface area contributed by atoms with Crippen LogP contribution in [0.4, 0.5) is 13.6 Å². The normalized spacial score (nSPS) is 21.5. The van der Waals surface area contributed by atoms with Crippen molar-refractivity contribution in [2.75, 3.05) is 13.1 Å². The van der Waals surface area contributed by atoms with Crippen LogP contribution in [0.1, 0.15) is 74.5 Å². The van der Waals surface area contributed by atoms with Crippen LogP contribution in [-0.2, 0) is 33.8 Å². The second-order valence-corrected chi connectivity index (χ2v) is 18.8. The SMILES string of the molecule is O=C1N[C@H](Cc2ccc(-c3cc(Cl)ccc3F)cc2)CC1C1CCCCC1.O=C1N[C@H](Cc2ccc(-c3cc(Cl)ccc3F)cc2)CC1C1CCN(C(=O)OCc2ccccc2)CC1. The maximum absolute atomic E-state index is 14.2. The fourth-order valence-electron chi connectivity index (χ4n) is 10.1. The number of carbonyl (C=O) groups excluding carboxylic acids is 3. The van der Waals surface area contributed by atoms with Gasteiger partial charge in [0.2, 0.25) is 11.8 Å². The number of benzene rings is 5. The number of nitrogens with one attached hydrogen (secondary N) is 2. The van der Waals surface area contributed by atoms with Crippen LogP contribution in [0.25, 0.3) is 22.3 Å². The lowest BCUT2D eigenvalue weighted by Gasteiger charge is -2.33. The van der Waals surface area contributed by atoms with Gasteiger partial charge in [-0.25, -0.2) is 13.6 Å². The first-order valence-electron chi connectivity index (χ1n) is 22.7. The number of halogens is 4. The Hall–Kier alpha value is -5.25. The minimum atomic E-state index is -0.307. The molecule has 0 bridgehead atoms. The molecule has 3 aliphatic heterocycles. The molecular formula is C53H55Cl2F2N3O4. The highest BCUT2D eigenvalue weighted by Crippen LogP contribution is 2.37. The summed E-state index contributed by atoms with van der Waals surface area (Å²) >= 11 is 12.0. The van der Waals surface area contributed by atoms with Crippen LogP contribution in [0, 0.1) is 35.3 Å². The van der Waals surface area contributed by atoms with Crippen molar-refractivity contribution in [3.05, 3.63) is 154 Å². The van der Waals surface area contributed by atoms with Gasteiger partial charge < -0.3 is 20.3 Å². The standard InChI is InChI=1S/C30H30ClFN2O3.C23H25ClFNO/c31-24-10-11-28(32)26(17-24)22-8-6-20(7-9-22)16-25-18-27(29(35)33-25)23-12-14-34(15-13-23)30(36)37-19-21-4-2-1-3-5-21;24-18-10-11-22(25)20(13-18)17-8-6-15(7-9-17)12-19-14-21(23(27)26-19)16-4-2-1-3-5-16/h1-11,17,23,25,27H,12-16,18-19H2,(H,33,35);6-11,13,16,19,21H,1-5,12,14H2,(H,26,27)/t25-,27?;19-,21?/m11/s1. The van der Waals surface area contributed by atoms with Crippen molar-refractivity contribution in [2.45, 2.75) is 89.3 Å². The van der Waals surface area contributed by atoms with Crippen molar-refractivity contribution < 1.29 is 27.9 Å². The number of carbonyl (C=O) groups is 3. The Kier molecular flexibility index (Phi) is 15.0. The monoisotopic (exact) mass is 905 g/mol. The van der Waals surface area contributed by atoms with Crippen molar-refractivity contribution in [2.24, 2.45) is 23.7 Å². The van der Waals surface area contributed by atoms with Gasteiger partial charge in [-0.05, 0) is 127 Å². The molecule has 3 saturated heterocycles. The molecule has 4 aliphatic rings. The molecule has 4 atom stereocenters. The molecule has 334 valence electrons. The smallest absolute Gasteiger partial charge is 0.410 e. The number of likely N-dealkylation sites (tertiary alicyclic amines) is 1. The Morgan fingerprint density at radius 1 is 0.594 bits per heavy atom. The molecule has 2 unspecified atom stereocenters. The number of hydrogen-bond donors (Lipinski definition) is 2. The van der Waals surface area contributed by atoms with E-state index >= 15 is 0 Å². The highest BCUT2D eigenvalue weighted by atomic mass is 35.5. The van der Waals surface area contributed by atoms with Crippen molar-refractivity contribution in [3.8, 4) is 22.3 Å². The lowest BCUT2D eigenvalue weighted by molar-refractivity contribution is -0.125. The van der Waals surface area contributed by atoms with Crippen molar-refractivity contribution in [3.63, 3.8) is 0 Å². The van der Waals surface area contributed by atoms with E-state index in [0.29, 0.717) is 40.2 Å². The molecule has 0 radical (unpaired) electrons. The highest BCUT2D eigenvalue weighted by molar-refractivity contribution is 6.31. The topological polar surface area (TPSA) is 87.7 Å². The molecule has 3 heterocycles. The van der Waals surface area contributed by atoms with Crippen LogP contribution in [0.5, 0.6) is 0 Å². The van der Waals surface area contributed by atoms with Gasteiger partial charge in [0.25, 0.3) is 0 Å². The quantitative estimate of drug-likeness (QED) is 0.146. The van der Waals surface area contributed by atoms with E-state index in [0.717, 1.165) is 66.3 Å². The average Bonchev–Trinajstić information content (AvgIpc) is 3.88. The third-order valence-electron chi connectivity index (χ3n) is 13.6. The lowest BCUT2D eigenvalue weighted by Crippen LogP contribution is -2.41. The molecule has 1 saturated carbocycles. The zero-order valence-electron chi connectivity index (χ0n) is 35.9. The largest absolute Gasteiger partial charge is 0.445 e. The molecule has 0 spiro atoms. The van der Waals surface area contributed by atoms with E-state index in [2.05, 4.69) is 10.6 Å². The van der Waals surface area contributed by atoms with Crippen molar-refractivity contribution >= 4 is 41.1 Å². The zero-order valence-corrected chi connectivity index (χ0v) is 37.4. The van der Waals surface area contributed by atoms with Crippen LogP contribution < -0.4 is 10.6 Å². The number of hydrogen-bond acceptors (Lipinski definition) is 4. The van der Waals surface area contributed by atoms with E-state index in [9.17, 15) is 23.2 Å². The zero-order chi connectivity index (χ0) is 44.6. The number of piperidine rings is 1. The van der Waals surface area contributed by atoms with E-state index in [4.69, 9.17) is 27.9 Å². The van der Waals surface area contributed by atoms with Gasteiger partial charge in [0.15, 0.2) is 0 Å². The molecule has 2 N–H and O–H groups in total. The Balaban J connectivity index is 0.000000184. The van der Waals surface area contributed by atoms with Gasteiger partial charge >= 0.3 is 6.09 Å². The molecule has 11 heteroatoms. The van der Waals surface area contributed by atoms with Crippen LogP contribution in [0.15, 0.2) is 115 Å². The van der Waals surface area contributed by atoms with Gasteiger partial charge in [-0.3, -0.25) is 9.59 Å². The van der Waals surface area contributed by atoms with Gasteiger partial charge in [0.1, 0.15) is 18.2 Å². The van der Waals surface area contributed by atoms with Gasteiger partial charge in [-0.15, -0.1) is 0 Å². The summed E-state index contributed by atoms with van der Waals surface area (Å²) in [7, 11) is 0. The molecule has 7 nitrogen and oxygen atoms in total. The predicted molar refractivity (Wildman–Crippen MR) is 249 cm³/mol. The minimum Gasteiger partial charge on any atom is -0.445 e.